The quantitative estimate of drug-likeness (QED) is 0.611. The van der Waals surface area contributed by atoms with Gasteiger partial charge in [-0.05, 0) is 30.5 Å². The number of ether oxygens (including phenoxy) is 1. The molecule has 1 rings (SSSR count). The third kappa shape index (κ3) is 3.42. The van der Waals surface area contributed by atoms with Gasteiger partial charge in [0.2, 0.25) is 0 Å². The van der Waals surface area contributed by atoms with Crippen molar-refractivity contribution >= 4 is 5.69 Å². The van der Waals surface area contributed by atoms with Gasteiger partial charge in [0.05, 0.1) is 17.6 Å². The first-order chi connectivity index (χ1) is 8.12. The fraction of sp³-hybridized carbons (Fsp3) is 0.500. The van der Waals surface area contributed by atoms with Gasteiger partial charge in [-0.25, -0.2) is 0 Å². The van der Waals surface area contributed by atoms with Gasteiger partial charge in [-0.1, -0.05) is 13.8 Å². The zero-order valence-corrected chi connectivity index (χ0v) is 10.0. The molecule has 0 spiro atoms. The van der Waals surface area contributed by atoms with Gasteiger partial charge >= 0.3 is 5.69 Å². The molecular weight excluding hydrogens is 222 g/mol. The lowest BCUT2D eigenvalue weighted by atomic mass is 10.2. The molecule has 5 nitrogen and oxygen atoms in total. The van der Waals surface area contributed by atoms with E-state index in [0.29, 0.717) is 5.56 Å². The number of hydrogen-bond donors (Lipinski definition) is 1. The van der Waals surface area contributed by atoms with Crippen molar-refractivity contribution in [1.29, 1.82) is 0 Å². The molecule has 0 aliphatic rings. The van der Waals surface area contributed by atoms with Crippen LogP contribution in [0.25, 0.3) is 0 Å². The Morgan fingerprint density at radius 1 is 1.41 bits per heavy atom. The number of hydrogen-bond acceptors (Lipinski definition) is 4. The lowest BCUT2D eigenvalue weighted by Crippen LogP contribution is -2.14. The average Bonchev–Trinajstić information content (AvgIpc) is 2.35. The topological polar surface area (TPSA) is 72.6 Å². The standard InChI is InChI=1S/C12H17NO4/c1-3-10(4-2)17-12-7-9(8-14)5-6-11(12)13(15)16/h5-7,10,14H,3-4,8H2,1-2H3. The summed E-state index contributed by atoms with van der Waals surface area (Å²) in [6.07, 6.45) is 1.54. The minimum absolute atomic E-state index is 0.0392. The number of nitro groups is 1. The molecule has 0 aliphatic carbocycles. The number of aliphatic hydroxyl groups is 1. The third-order valence-electron chi connectivity index (χ3n) is 2.61. The molecule has 1 N–H and O–H groups in total. The van der Waals surface area contributed by atoms with Gasteiger partial charge in [0, 0.05) is 6.07 Å². The predicted molar refractivity (Wildman–Crippen MR) is 64.0 cm³/mol. The second kappa shape index (κ2) is 6.20. The van der Waals surface area contributed by atoms with Crippen molar-refractivity contribution in [2.75, 3.05) is 0 Å². The summed E-state index contributed by atoms with van der Waals surface area (Å²) in [4.78, 5) is 10.4. The van der Waals surface area contributed by atoms with Crippen LogP contribution in [-0.2, 0) is 6.61 Å². The maximum atomic E-state index is 10.8. The summed E-state index contributed by atoms with van der Waals surface area (Å²) in [6, 6.07) is 4.41. The lowest BCUT2D eigenvalue weighted by molar-refractivity contribution is -0.386. The Bertz CT molecular complexity index is 388. The highest BCUT2D eigenvalue weighted by Crippen LogP contribution is 2.29. The van der Waals surface area contributed by atoms with Gasteiger partial charge in [0.15, 0.2) is 5.75 Å². The van der Waals surface area contributed by atoms with Crippen LogP contribution in [-0.4, -0.2) is 16.1 Å². The fourth-order valence-corrected chi connectivity index (χ4v) is 1.54. The first-order valence-corrected chi connectivity index (χ1v) is 5.67. The van der Waals surface area contributed by atoms with Crippen molar-refractivity contribution in [2.45, 2.75) is 39.4 Å². The van der Waals surface area contributed by atoms with Crippen molar-refractivity contribution < 1.29 is 14.8 Å². The van der Waals surface area contributed by atoms with Gasteiger partial charge in [-0.15, -0.1) is 0 Å². The third-order valence-corrected chi connectivity index (χ3v) is 2.61. The Balaban J connectivity index is 3.04. The van der Waals surface area contributed by atoms with E-state index in [1.54, 1.807) is 0 Å². The van der Waals surface area contributed by atoms with E-state index in [9.17, 15) is 10.1 Å². The molecule has 0 aliphatic heterocycles. The minimum atomic E-state index is -0.473. The molecule has 0 unspecified atom stereocenters. The predicted octanol–water partition coefficient (Wildman–Crippen LogP) is 2.65. The highest BCUT2D eigenvalue weighted by atomic mass is 16.6. The number of rotatable bonds is 6. The molecule has 0 amide bonds. The van der Waals surface area contributed by atoms with E-state index < -0.39 is 4.92 Å². The van der Waals surface area contributed by atoms with Crippen LogP contribution in [0.15, 0.2) is 18.2 Å². The molecule has 0 saturated heterocycles. The van der Waals surface area contributed by atoms with Crippen LogP contribution >= 0.6 is 0 Å². The van der Waals surface area contributed by atoms with E-state index in [2.05, 4.69) is 0 Å². The van der Waals surface area contributed by atoms with Crippen LogP contribution in [0.5, 0.6) is 5.75 Å². The Morgan fingerprint density at radius 3 is 2.53 bits per heavy atom. The summed E-state index contributed by atoms with van der Waals surface area (Å²) in [6.45, 7) is 3.78. The molecule has 17 heavy (non-hydrogen) atoms. The summed E-state index contributed by atoms with van der Waals surface area (Å²) in [5.74, 6) is 0.232. The average molecular weight is 239 g/mol. The maximum absolute atomic E-state index is 10.8. The molecule has 0 aromatic heterocycles. The van der Waals surface area contributed by atoms with Crippen molar-refractivity contribution in [3.63, 3.8) is 0 Å². The summed E-state index contributed by atoms with van der Waals surface area (Å²) in [5, 5.41) is 19.9. The van der Waals surface area contributed by atoms with Crippen LogP contribution < -0.4 is 4.74 Å². The number of nitro benzene ring substituents is 1. The highest BCUT2D eigenvalue weighted by Gasteiger charge is 2.18. The number of benzene rings is 1. The van der Waals surface area contributed by atoms with Gasteiger partial charge in [0.25, 0.3) is 0 Å². The SMILES string of the molecule is CCC(CC)Oc1cc(CO)ccc1[N+](=O)[O-]. The van der Waals surface area contributed by atoms with Gasteiger partial charge < -0.3 is 9.84 Å². The van der Waals surface area contributed by atoms with Crippen LogP contribution in [0.4, 0.5) is 5.69 Å². The van der Waals surface area contributed by atoms with Crippen molar-refractivity contribution in [2.24, 2.45) is 0 Å². The molecule has 0 bridgehead atoms. The van der Waals surface area contributed by atoms with E-state index >= 15 is 0 Å². The second-order valence-electron chi connectivity index (χ2n) is 3.77. The monoisotopic (exact) mass is 239 g/mol. The fourth-order valence-electron chi connectivity index (χ4n) is 1.54. The summed E-state index contributed by atoms with van der Waals surface area (Å²) >= 11 is 0. The van der Waals surface area contributed by atoms with Crippen LogP contribution in [0.2, 0.25) is 0 Å². The highest BCUT2D eigenvalue weighted by molar-refractivity contribution is 5.48. The first-order valence-electron chi connectivity index (χ1n) is 5.67. The van der Waals surface area contributed by atoms with Gasteiger partial charge in [0.1, 0.15) is 0 Å². The largest absolute Gasteiger partial charge is 0.484 e. The molecule has 1 aromatic rings. The Kier molecular flexibility index (Phi) is 4.90. The molecule has 0 fully saturated rings. The molecule has 0 atom stereocenters. The summed E-state index contributed by atoms with van der Waals surface area (Å²) < 4.78 is 5.59. The molecule has 0 heterocycles. The molecular formula is C12H17NO4. The van der Waals surface area contributed by atoms with Crippen LogP contribution in [0.1, 0.15) is 32.3 Å². The van der Waals surface area contributed by atoms with Crippen molar-refractivity contribution in [3.05, 3.63) is 33.9 Å². The Labute approximate surface area is 100 Å². The zero-order valence-electron chi connectivity index (χ0n) is 10.0. The van der Waals surface area contributed by atoms with Gasteiger partial charge in [-0.3, -0.25) is 10.1 Å². The Hall–Kier alpha value is -1.62. The molecule has 0 saturated carbocycles. The van der Waals surface area contributed by atoms with E-state index in [0.717, 1.165) is 12.8 Å². The van der Waals surface area contributed by atoms with Crippen LogP contribution in [0, 0.1) is 10.1 Å². The van der Waals surface area contributed by atoms with E-state index in [1.807, 2.05) is 13.8 Å². The van der Waals surface area contributed by atoms with Crippen LogP contribution in [0.3, 0.4) is 0 Å². The Morgan fingerprint density at radius 2 is 2.06 bits per heavy atom. The van der Waals surface area contributed by atoms with Gasteiger partial charge in [-0.2, -0.15) is 0 Å². The zero-order chi connectivity index (χ0) is 12.8. The second-order valence-corrected chi connectivity index (χ2v) is 3.77. The normalized spacial score (nSPS) is 10.6. The summed E-state index contributed by atoms with van der Waals surface area (Å²) in [7, 11) is 0. The lowest BCUT2D eigenvalue weighted by Gasteiger charge is -2.15. The maximum Gasteiger partial charge on any atom is 0.310 e. The number of aliphatic hydroxyl groups excluding tert-OH is 1. The minimum Gasteiger partial charge on any atom is -0.484 e. The molecule has 0 radical (unpaired) electrons. The molecule has 94 valence electrons. The smallest absolute Gasteiger partial charge is 0.310 e. The van der Waals surface area contributed by atoms with E-state index in [-0.39, 0.29) is 24.1 Å². The molecule has 5 heteroatoms. The summed E-state index contributed by atoms with van der Waals surface area (Å²) in [5.41, 5.74) is 0.547. The number of nitrogens with zero attached hydrogens (tertiary/aromatic N) is 1. The first kappa shape index (κ1) is 13.4. The van der Waals surface area contributed by atoms with E-state index in [4.69, 9.17) is 9.84 Å². The van der Waals surface area contributed by atoms with Crippen molar-refractivity contribution in [1.82, 2.24) is 0 Å². The van der Waals surface area contributed by atoms with Crippen molar-refractivity contribution in [3.8, 4) is 5.75 Å². The molecule has 1 aromatic carbocycles. The van der Waals surface area contributed by atoms with E-state index in [1.165, 1.54) is 18.2 Å².